The van der Waals surface area contributed by atoms with Crippen LogP contribution >= 0.6 is 0 Å². The Morgan fingerprint density at radius 3 is 2.67 bits per heavy atom. The van der Waals surface area contributed by atoms with Crippen LogP contribution in [0.25, 0.3) is 0 Å². The zero-order chi connectivity index (χ0) is 13.9. The van der Waals surface area contributed by atoms with Crippen molar-refractivity contribution in [3.63, 3.8) is 0 Å². The second-order valence-corrected chi connectivity index (χ2v) is 5.67. The summed E-state index contributed by atoms with van der Waals surface area (Å²) in [6, 6.07) is 1.22. The third kappa shape index (κ3) is 3.83. The average Bonchev–Trinajstić information content (AvgIpc) is 2.59. The summed E-state index contributed by atoms with van der Waals surface area (Å²) in [6.07, 6.45) is 1.20. The van der Waals surface area contributed by atoms with E-state index in [0.29, 0.717) is 13.0 Å². The van der Waals surface area contributed by atoms with Crippen LogP contribution in [0.4, 0.5) is 0 Å². The molecule has 1 aromatic rings. The molecule has 1 heterocycles. The number of hydrogen-bond donors (Lipinski definition) is 3. The van der Waals surface area contributed by atoms with E-state index in [0.717, 1.165) is 0 Å². The van der Waals surface area contributed by atoms with Crippen LogP contribution in [0.3, 0.4) is 0 Å². The molecule has 0 spiro atoms. The smallest absolute Gasteiger partial charge is 0.267 e. The van der Waals surface area contributed by atoms with E-state index in [4.69, 9.17) is 10.2 Å². The maximum absolute atomic E-state index is 11.7. The molecule has 0 aliphatic carbocycles. The number of hydrogen-bond acceptors (Lipinski definition) is 4. The van der Waals surface area contributed by atoms with Gasteiger partial charge in [-0.05, 0) is 19.4 Å². The molecule has 0 saturated heterocycles. The lowest BCUT2D eigenvalue weighted by Crippen LogP contribution is -2.27. The van der Waals surface area contributed by atoms with Gasteiger partial charge in [0.05, 0.1) is 6.10 Å². The number of sulfonamides is 1. The summed E-state index contributed by atoms with van der Waals surface area (Å²) < 4.78 is 23.6. The maximum Gasteiger partial charge on any atom is 0.267 e. The molecule has 0 fully saturated rings. The van der Waals surface area contributed by atoms with Crippen LogP contribution in [0, 0.1) is 0 Å². The Labute approximate surface area is 106 Å². The van der Waals surface area contributed by atoms with Gasteiger partial charge in [0, 0.05) is 19.8 Å². The number of aliphatic hydroxyl groups is 1. The first-order chi connectivity index (χ1) is 8.21. The number of amides is 1. The van der Waals surface area contributed by atoms with Gasteiger partial charge in [-0.1, -0.05) is 0 Å². The van der Waals surface area contributed by atoms with Crippen molar-refractivity contribution in [2.45, 2.75) is 24.3 Å². The predicted octanol–water partition coefficient (Wildman–Crippen LogP) is -0.827. The highest BCUT2D eigenvalue weighted by molar-refractivity contribution is 7.89. The topological polar surface area (TPSA) is 114 Å². The standard InChI is InChI=1S/C10H17N3O4S/c1-7(14)3-4-12-10(15)9-5-8(6-13(9)2)18(11,16)17/h5-7,14H,3-4H2,1-2H3,(H,12,15)(H2,11,16,17). The molecule has 7 nitrogen and oxygen atoms in total. The Bertz CT molecular complexity index is 533. The van der Waals surface area contributed by atoms with Crippen LogP contribution in [0.5, 0.6) is 0 Å². The van der Waals surface area contributed by atoms with Gasteiger partial charge in [-0.3, -0.25) is 4.79 Å². The average molecular weight is 275 g/mol. The molecule has 0 aliphatic rings. The van der Waals surface area contributed by atoms with Gasteiger partial charge in [0.2, 0.25) is 10.0 Å². The van der Waals surface area contributed by atoms with Crippen LogP contribution < -0.4 is 10.5 Å². The molecule has 1 amide bonds. The maximum atomic E-state index is 11.7. The lowest BCUT2D eigenvalue weighted by Gasteiger charge is -2.07. The summed E-state index contributed by atoms with van der Waals surface area (Å²) >= 11 is 0. The molecule has 18 heavy (non-hydrogen) atoms. The van der Waals surface area contributed by atoms with Crippen LogP contribution in [-0.2, 0) is 17.1 Å². The Hall–Kier alpha value is -1.38. The molecule has 1 atom stereocenters. The number of nitrogens with zero attached hydrogens (tertiary/aromatic N) is 1. The van der Waals surface area contributed by atoms with Crippen LogP contribution in [0.15, 0.2) is 17.2 Å². The summed E-state index contributed by atoms with van der Waals surface area (Å²) in [7, 11) is -2.26. The number of carbonyl (C=O) groups excluding carboxylic acids is 1. The molecular weight excluding hydrogens is 258 g/mol. The van der Waals surface area contributed by atoms with Crippen molar-refractivity contribution in [1.29, 1.82) is 0 Å². The van der Waals surface area contributed by atoms with Crippen molar-refractivity contribution in [3.05, 3.63) is 18.0 Å². The van der Waals surface area contributed by atoms with E-state index in [-0.39, 0.29) is 10.6 Å². The molecule has 8 heteroatoms. The largest absolute Gasteiger partial charge is 0.393 e. The first kappa shape index (κ1) is 14.7. The first-order valence-electron chi connectivity index (χ1n) is 5.37. The van der Waals surface area contributed by atoms with Crippen molar-refractivity contribution in [1.82, 2.24) is 9.88 Å². The number of nitrogens with two attached hydrogens (primary N) is 1. The number of aryl methyl sites for hydroxylation is 1. The minimum absolute atomic E-state index is 0.106. The van der Waals surface area contributed by atoms with E-state index in [9.17, 15) is 13.2 Å². The van der Waals surface area contributed by atoms with Crippen LogP contribution in [-0.4, -0.2) is 36.6 Å². The quantitative estimate of drug-likeness (QED) is 0.650. The number of primary sulfonamides is 1. The van der Waals surface area contributed by atoms with Crippen molar-refractivity contribution >= 4 is 15.9 Å². The molecular formula is C10H17N3O4S. The fraction of sp³-hybridized carbons (Fsp3) is 0.500. The zero-order valence-corrected chi connectivity index (χ0v) is 11.1. The predicted molar refractivity (Wildman–Crippen MR) is 65.4 cm³/mol. The van der Waals surface area contributed by atoms with Gasteiger partial charge < -0.3 is 15.0 Å². The highest BCUT2D eigenvalue weighted by Gasteiger charge is 2.17. The van der Waals surface area contributed by atoms with Gasteiger partial charge in [0.15, 0.2) is 0 Å². The van der Waals surface area contributed by atoms with Gasteiger partial charge >= 0.3 is 0 Å². The van der Waals surface area contributed by atoms with E-state index in [2.05, 4.69) is 5.32 Å². The van der Waals surface area contributed by atoms with Crippen molar-refractivity contribution in [2.75, 3.05) is 6.54 Å². The van der Waals surface area contributed by atoms with Gasteiger partial charge in [0.1, 0.15) is 10.6 Å². The molecule has 0 radical (unpaired) electrons. The molecule has 0 saturated carbocycles. The number of nitrogens with one attached hydrogen (secondary N) is 1. The summed E-state index contributed by atoms with van der Waals surface area (Å²) in [5.41, 5.74) is 0.199. The summed E-state index contributed by atoms with van der Waals surface area (Å²) in [4.78, 5) is 11.6. The number of rotatable bonds is 5. The van der Waals surface area contributed by atoms with E-state index >= 15 is 0 Å². The summed E-state index contributed by atoms with van der Waals surface area (Å²) in [6.45, 7) is 1.93. The van der Waals surface area contributed by atoms with Crippen molar-refractivity contribution in [3.8, 4) is 0 Å². The number of aromatic nitrogens is 1. The Balaban J connectivity index is 2.78. The van der Waals surface area contributed by atoms with Gasteiger partial charge in [-0.25, -0.2) is 13.6 Å². The Kier molecular flexibility index (Phi) is 4.49. The van der Waals surface area contributed by atoms with E-state index in [1.54, 1.807) is 14.0 Å². The third-order valence-corrected chi connectivity index (χ3v) is 3.27. The molecule has 1 aromatic heterocycles. The lowest BCUT2D eigenvalue weighted by molar-refractivity contribution is 0.0937. The summed E-state index contributed by atoms with van der Waals surface area (Å²) in [5.74, 6) is -0.409. The highest BCUT2D eigenvalue weighted by atomic mass is 32.2. The van der Waals surface area contributed by atoms with E-state index in [1.165, 1.54) is 16.8 Å². The second kappa shape index (κ2) is 5.51. The van der Waals surface area contributed by atoms with Crippen LogP contribution in [0.2, 0.25) is 0 Å². The fourth-order valence-corrected chi connectivity index (χ4v) is 1.98. The molecule has 0 aliphatic heterocycles. The lowest BCUT2D eigenvalue weighted by atomic mass is 10.3. The SMILES string of the molecule is CC(O)CCNC(=O)c1cc(S(N)(=O)=O)cn1C. The fourth-order valence-electron chi connectivity index (χ4n) is 1.40. The normalized spacial score (nSPS) is 13.3. The van der Waals surface area contributed by atoms with E-state index < -0.39 is 22.0 Å². The highest BCUT2D eigenvalue weighted by Crippen LogP contribution is 2.11. The van der Waals surface area contributed by atoms with Crippen LogP contribution in [0.1, 0.15) is 23.8 Å². The zero-order valence-electron chi connectivity index (χ0n) is 10.3. The van der Waals surface area contributed by atoms with Gasteiger partial charge in [-0.2, -0.15) is 0 Å². The third-order valence-electron chi connectivity index (χ3n) is 2.39. The number of carbonyl (C=O) groups is 1. The van der Waals surface area contributed by atoms with Gasteiger partial charge in [-0.15, -0.1) is 0 Å². The molecule has 102 valence electrons. The van der Waals surface area contributed by atoms with Gasteiger partial charge in [0.25, 0.3) is 5.91 Å². The minimum Gasteiger partial charge on any atom is -0.393 e. The Morgan fingerprint density at radius 2 is 2.22 bits per heavy atom. The molecule has 1 rings (SSSR count). The van der Waals surface area contributed by atoms with Crippen molar-refractivity contribution < 1.29 is 18.3 Å². The van der Waals surface area contributed by atoms with Crippen molar-refractivity contribution in [2.24, 2.45) is 12.2 Å². The number of aliphatic hydroxyl groups excluding tert-OH is 1. The summed E-state index contributed by atoms with van der Waals surface area (Å²) in [5, 5.41) is 16.6. The molecule has 4 N–H and O–H groups in total. The second-order valence-electron chi connectivity index (χ2n) is 4.11. The monoisotopic (exact) mass is 275 g/mol. The first-order valence-corrected chi connectivity index (χ1v) is 6.92. The molecule has 1 unspecified atom stereocenters. The minimum atomic E-state index is -3.81. The Morgan fingerprint density at radius 1 is 1.61 bits per heavy atom. The molecule has 0 aromatic carbocycles. The van der Waals surface area contributed by atoms with E-state index in [1.807, 2.05) is 0 Å². The molecule has 0 bridgehead atoms.